The van der Waals surface area contributed by atoms with Gasteiger partial charge >= 0.3 is 0 Å². The van der Waals surface area contributed by atoms with E-state index in [4.69, 9.17) is 25.6 Å². The van der Waals surface area contributed by atoms with E-state index in [0.717, 1.165) is 5.69 Å². The average molecular weight is 400 g/mol. The Morgan fingerprint density at radius 1 is 1.21 bits per heavy atom. The third-order valence-corrected chi connectivity index (χ3v) is 4.91. The highest BCUT2D eigenvalue weighted by Gasteiger charge is 2.37. The van der Waals surface area contributed by atoms with Gasteiger partial charge < -0.3 is 9.15 Å². The van der Waals surface area contributed by atoms with Gasteiger partial charge in [-0.05, 0) is 36.2 Å². The van der Waals surface area contributed by atoms with Gasteiger partial charge in [-0.3, -0.25) is 4.79 Å². The predicted molar refractivity (Wildman–Crippen MR) is 109 cm³/mol. The second-order valence-corrected chi connectivity index (χ2v) is 7.77. The van der Waals surface area contributed by atoms with Crippen LogP contribution in [0.4, 0.5) is 5.69 Å². The van der Waals surface area contributed by atoms with Crippen LogP contribution in [-0.2, 0) is 9.57 Å². The molecule has 0 spiro atoms. The lowest BCUT2D eigenvalue weighted by Crippen LogP contribution is -2.26. The maximum Gasteiger partial charge on any atom is 0.198 e. The fraction of sp³-hybridized carbons (Fsp3) is 0.318. The summed E-state index contributed by atoms with van der Waals surface area (Å²) in [5, 5.41) is 2.70. The summed E-state index contributed by atoms with van der Waals surface area (Å²) >= 11 is 6.09. The zero-order valence-electron chi connectivity index (χ0n) is 15.8. The second-order valence-electron chi connectivity index (χ2n) is 7.34. The molecule has 0 unspecified atom stereocenters. The lowest BCUT2D eigenvalue weighted by molar-refractivity contribution is -0.125. The molecule has 0 amide bonds. The summed E-state index contributed by atoms with van der Waals surface area (Å²) in [7, 11) is 0. The number of hydrogen-bond acceptors (Lipinski definition) is 5. The predicted octanol–water partition coefficient (Wildman–Crippen LogP) is 5.33. The van der Waals surface area contributed by atoms with Crippen LogP contribution >= 0.6 is 11.6 Å². The van der Waals surface area contributed by atoms with Gasteiger partial charge in [0.1, 0.15) is 11.8 Å². The maximum atomic E-state index is 13.2. The Hall–Kier alpha value is -2.34. The van der Waals surface area contributed by atoms with Gasteiger partial charge in [0.05, 0.1) is 29.3 Å². The molecule has 146 valence electrons. The minimum atomic E-state index is -0.429. The van der Waals surface area contributed by atoms with Crippen LogP contribution in [0, 0.1) is 5.92 Å². The maximum absolute atomic E-state index is 13.2. The highest BCUT2D eigenvalue weighted by Crippen LogP contribution is 2.38. The Labute approximate surface area is 168 Å². The first kappa shape index (κ1) is 19.0. The zero-order chi connectivity index (χ0) is 19.7. The van der Waals surface area contributed by atoms with Crippen LogP contribution in [-0.4, -0.2) is 12.9 Å². The first-order chi connectivity index (χ1) is 13.5. The van der Waals surface area contributed by atoms with Crippen molar-refractivity contribution in [1.29, 1.82) is 0 Å². The van der Waals surface area contributed by atoms with Crippen molar-refractivity contribution in [2.24, 2.45) is 5.92 Å². The molecule has 1 aliphatic heterocycles. The molecular formula is C22H22ClNO4. The van der Waals surface area contributed by atoms with E-state index < -0.39 is 6.29 Å². The lowest BCUT2D eigenvalue weighted by atomic mass is 10.0. The number of rotatable bonds is 5. The Bertz CT molecular complexity index is 1020. The molecule has 0 N–H and O–H groups in total. The summed E-state index contributed by atoms with van der Waals surface area (Å²) in [6.45, 7) is 4.76. The van der Waals surface area contributed by atoms with Gasteiger partial charge in [-0.1, -0.05) is 43.6 Å². The number of hydroxylamine groups is 1. The smallest absolute Gasteiger partial charge is 0.198 e. The summed E-state index contributed by atoms with van der Waals surface area (Å²) in [5.74, 6) is 0.390. The number of ether oxygens (including phenoxy) is 1. The van der Waals surface area contributed by atoms with Gasteiger partial charge in [-0.15, -0.1) is 0 Å². The molecule has 28 heavy (non-hydrogen) atoms. The summed E-state index contributed by atoms with van der Waals surface area (Å²) in [4.78, 5) is 19.2. The van der Waals surface area contributed by atoms with E-state index in [2.05, 4.69) is 13.8 Å². The molecule has 2 heterocycles. The molecule has 1 aromatic heterocycles. The van der Waals surface area contributed by atoms with E-state index in [1.54, 1.807) is 23.3 Å². The molecule has 6 heteroatoms. The van der Waals surface area contributed by atoms with Gasteiger partial charge in [-0.2, -0.15) is 0 Å². The van der Waals surface area contributed by atoms with Gasteiger partial charge in [-0.25, -0.2) is 9.90 Å². The van der Waals surface area contributed by atoms with Crippen LogP contribution in [0.25, 0.3) is 11.0 Å². The SMILES string of the molecule is CC(C)CO[C@@H]1C[C@@H](c2coc3ccc(Cl)cc3c2=O)N(c2ccccc2)O1. The molecule has 0 radical (unpaired) electrons. The molecule has 0 bridgehead atoms. The first-order valence-corrected chi connectivity index (χ1v) is 9.74. The monoisotopic (exact) mass is 399 g/mol. The summed E-state index contributed by atoms with van der Waals surface area (Å²) < 4.78 is 11.6. The third-order valence-electron chi connectivity index (χ3n) is 4.68. The number of para-hydroxylation sites is 1. The lowest BCUT2D eigenvalue weighted by Gasteiger charge is -2.24. The Morgan fingerprint density at radius 2 is 2.00 bits per heavy atom. The highest BCUT2D eigenvalue weighted by molar-refractivity contribution is 6.31. The number of benzene rings is 2. The van der Waals surface area contributed by atoms with Crippen molar-refractivity contribution in [2.45, 2.75) is 32.6 Å². The minimum Gasteiger partial charge on any atom is -0.464 e. The van der Waals surface area contributed by atoms with Crippen molar-refractivity contribution in [3.63, 3.8) is 0 Å². The first-order valence-electron chi connectivity index (χ1n) is 9.36. The number of nitrogens with zero attached hydrogens (tertiary/aromatic N) is 1. The van der Waals surface area contributed by atoms with Crippen LogP contribution in [0.3, 0.4) is 0 Å². The molecule has 1 fully saturated rings. The van der Waals surface area contributed by atoms with Gasteiger partial charge in [0, 0.05) is 11.4 Å². The van der Waals surface area contributed by atoms with Gasteiger partial charge in [0.2, 0.25) is 0 Å². The number of hydrogen-bond donors (Lipinski definition) is 0. The Kier molecular flexibility index (Phi) is 5.40. The molecule has 1 aliphatic rings. The zero-order valence-corrected chi connectivity index (χ0v) is 16.6. The summed E-state index contributed by atoms with van der Waals surface area (Å²) in [6, 6.07) is 14.4. The standard InChI is InChI=1S/C22H22ClNO4/c1-14(2)12-27-21-11-19(24(28-21)16-6-4-3-5-7-16)18-13-26-20-9-8-15(23)10-17(20)22(18)25/h3-10,13-14,19,21H,11-12H2,1-2H3/t19-,21-/m0/s1. The van der Waals surface area contributed by atoms with E-state index in [1.807, 2.05) is 30.3 Å². The van der Waals surface area contributed by atoms with E-state index >= 15 is 0 Å². The number of fused-ring (bicyclic) bond motifs is 1. The molecule has 5 nitrogen and oxygen atoms in total. The van der Waals surface area contributed by atoms with Crippen LogP contribution in [0.15, 0.2) is 64.0 Å². The third kappa shape index (κ3) is 3.78. The molecule has 2 atom stereocenters. The fourth-order valence-electron chi connectivity index (χ4n) is 3.34. The number of anilines is 1. The van der Waals surface area contributed by atoms with E-state index in [0.29, 0.717) is 40.5 Å². The van der Waals surface area contributed by atoms with E-state index in [1.165, 1.54) is 6.26 Å². The average Bonchev–Trinajstić information content (AvgIpc) is 3.12. The summed E-state index contributed by atoms with van der Waals surface area (Å²) in [6.07, 6.45) is 1.62. The molecule has 3 aromatic rings. The van der Waals surface area contributed by atoms with E-state index in [-0.39, 0.29) is 11.5 Å². The molecule has 2 aromatic carbocycles. The molecule has 0 aliphatic carbocycles. The van der Waals surface area contributed by atoms with Crippen molar-refractivity contribution in [3.05, 3.63) is 75.6 Å². The van der Waals surface area contributed by atoms with Crippen molar-refractivity contribution < 1.29 is 14.0 Å². The fourth-order valence-corrected chi connectivity index (χ4v) is 3.51. The van der Waals surface area contributed by atoms with Gasteiger partial charge in [0.15, 0.2) is 11.7 Å². The largest absolute Gasteiger partial charge is 0.464 e. The van der Waals surface area contributed by atoms with Gasteiger partial charge in [0.25, 0.3) is 0 Å². The van der Waals surface area contributed by atoms with Crippen LogP contribution in [0.5, 0.6) is 0 Å². The Morgan fingerprint density at radius 3 is 2.75 bits per heavy atom. The molecule has 4 rings (SSSR count). The second kappa shape index (κ2) is 7.95. The van der Waals surface area contributed by atoms with Crippen LogP contribution in [0.1, 0.15) is 31.9 Å². The highest BCUT2D eigenvalue weighted by atomic mass is 35.5. The summed E-state index contributed by atoms with van der Waals surface area (Å²) in [5.41, 5.74) is 1.78. The quantitative estimate of drug-likeness (QED) is 0.580. The van der Waals surface area contributed by atoms with Crippen LogP contribution in [0.2, 0.25) is 5.02 Å². The van der Waals surface area contributed by atoms with Crippen molar-refractivity contribution in [1.82, 2.24) is 0 Å². The number of halogens is 1. The molecule has 0 saturated carbocycles. The Balaban J connectivity index is 1.73. The molecular weight excluding hydrogens is 378 g/mol. The topological polar surface area (TPSA) is 51.9 Å². The van der Waals surface area contributed by atoms with Crippen molar-refractivity contribution >= 4 is 28.3 Å². The van der Waals surface area contributed by atoms with E-state index in [9.17, 15) is 4.79 Å². The van der Waals surface area contributed by atoms with Crippen molar-refractivity contribution in [2.75, 3.05) is 11.7 Å². The minimum absolute atomic E-state index is 0.109. The molecule has 1 saturated heterocycles. The van der Waals surface area contributed by atoms with Crippen LogP contribution < -0.4 is 10.5 Å². The van der Waals surface area contributed by atoms with Crippen molar-refractivity contribution in [3.8, 4) is 0 Å². The normalized spacial score (nSPS) is 19.6.